The van der Waals surface area contributed by atoms with Gasteiger partial charge in [0.05, 0.1) is 18.9 Å². The van der Waals surface area contributed by atoms with E-state index >= 15 is 0 Å². The minimum absolute atomic E-state index is 0.0627. The summed E-state index contributed by atoms with van der Waals surface area (Å²) in [4.78, 5) is 6.70. The van der Waals surface area contributed by atoms with E-state index in [0.29, 0.717) is 28.8 Å². The summed E-state index contributed by atoms with van der Waals surface area (Å²) in [5, 5.41) is 4.70. The summed E-state index contributed by atoms with van der Waals surface area (Å²) in [5.74, 6) is 0.637. The van der Waals surface area contributed by atoms with E-state index in [0.717, 1.165) is 32.1 Å². The zero-order valence-corrected chi connectivity index (χ0v) is 20.0. The molecule has 2 aliphatic carbocycles. The molecule has 0 aromatic carbocycles. The maximum atomic E-state index is 12.6. The van der Waals surface area contributed by atoms with E-state index in [1.165, 1.54) is 44.4 Å². The van der Waals surface area contributed by atoms with E-state index in [2.05, 4.69) is 28.5 Å². The van der Waals surface area contributed by atoms with E-state index in [9.17, 15) is 8.78 Å². The molecule has 1 aliphatic heterocycles. The predicted molar refractivity (Wildman–Crippen MR) is 126 cm³/mol. The molecule has 3 fully saturated rings. The first kappa shape index (κ1) is 23.5. The van der Waals surface area contributed by atoms with Crippen LogP contribution in [0.3, 0.4) is 0 Å². The van der Waals surface area contributed by atoms with Crippen LogP contribution in [0.2, 0.25) is 0 Å². The Labute approximate surface area is 199 Å². The topological polar surface area (TPSA) is 78.4 Å². The number of nitrogen functional groups attached to an aromatic ring is 1. The van der Waals surface area contributed by atoms with Gasteiger partial charge in [0.15, 0.2) is 11.6 Å². The minimum Gasteiger partial charge on any atom is -0.431 e. The molecule has 2 aromatic heterocycles. The van der Waals surface area contributed by atoms with E-state index in [-0.39, 0.29) is 17.6 Å². The summed E-state index contributed by atoms with van der Waals surface area (Å²) in [6.07, 6.45) is 11.1. The highest BCUT2D eigenvalue weighted by molar-refractivity contribution is 5.63. The van der Waals surface area contributed by atoms with Gasteiger partial charge in [-0.25, -0.2) is 4.98 Å². The number of alkyl halides is 2. The first-order valence-electron chi connectivity index (χ1n) is 12.4. The fraction of sp³-hybridized carbons (Fsp3) is 0.680. The largest absolute Gasteiger partial charge is 0.431 e. The van der Waals surface area contributed by atoms with Crippen LogP contribution in [0, 0.1) is 11.3 Å². The number of rotatable bonds is 8. The molecule has 2 unspecified atom stereocenters. The smallest absolute Gasteiger partial charge is 0.387 e. The second kappa shape index (κ2) is 9.41. The number of halogens is 2. The molecule has 0 amide bonds. The van der Waals surface area contributed by atoms with Crippen LogP contribution in [-0.2, 0) is 4.74 Å². The molecule has 2 N–H and O–H groups in total. The zero-order chi connectivity index (χ0) is 23.9. The SMILES string of the molecule is CC(CC[C@@]12CCC(C1)[C@H](N1CCOC[C@@H]1C)C2)n1ccc(-c2cnc(N)c(OC(F)F)c2)n1. The summed E-state index contributed by atoms with van der Waals surface area (Å²) in [6.45, 7) is 4.33. The fourth-order valence-electron chi connectivity index (χ4n) is 6.50. The Hall–Kier alpha value is -2.26. The predicted octanol–water partition coefficient (Wildman–Crippen LogP) is 4.75. The highest BCUT2D eigenvalue weighted by Crippen LogP contribution is 2.58. The van der Waals surface area contributed by atoms with Gasteiger partial charge in [-0.3, -0.25) is 9.58 Å². The fourth-order valence-corrected chi connectivity index (χ4v) is 6.50. The van der Waals surface area contributed by atoms with E-state index in [4.69, 9.17) is 15.6 Å². The molecular weight excluding hydrogens is 440 g/mol. The molecule has 2 saturated carbocycles. The zero-order valence-electron chi connectivity index (χ0n) is 20.0. The number of nitrogens with two attached hydrogens (primary N) is 1. The molecule has 2 bridgehead atoms. The van der Waals surface area contributed by atoms with Gasteiger partial charge < -0.3 is 15.2 Å². The lowest BCUT2D eigenvalue weighted by Gasteiger charge is -2.43. The molecule has 5 atom stereocenters. The Morgan fingerprint density at radius 3 is 3.00 bits per heavy atom. The third kappa shape index (κ3) is 4.64. The van der Waals surface area contributed by atoms with E-state index in [1.807, 2.05) is 16.9 Å². The molecule has 3 heterocycles. The minimum atomic E-state index is -2.95. The Bertz CT molecular complexity index is 1000. The van der Waals surface area contributed by atoms with E-state index in [1.54, 1.807) is 0 Å². The molecule has 7 nitrogen and oxygen atoms in total. The number of anilines is 1. The molecule has 1 saturated heterocycles. The van der Waals surface area contributed by atoms with Crippen LogP contribution in [0.15, 0.2) is 24.5 Å². The van der Waals surface area contributed by atoms with Crippen LogP contribution >= 0.6 is 0 Å². The molecule has 2 aromatic rings. The van der Waals surface area contributed by atoms with Gasteiger partial charge in [-0.2, -0.15) is 13.9 Å². The van der Waals surface area contributed by atoms with Gasteiger partial charge in [0.25, 0.3) is 0 Å². The third-order valence-corrected chi connectivity index (χ3v) is 8.32. The molecule has 0 spiro atoms. The quantitative estimate of drug-likeness (QED) is 0.594. The average Bonchev–Trinajstić information content (AvgIpc) is 3.54. The number of nitrogens with zero attached hydrogens (tertiary/aromatic N) is 4. The van der Waals surface area contributed by atoms with Gasteiger partial charge in [0.1, 0.15) is 0 Å². The van der Waals surface area contributed by atoms with Crippen LogP contribution in [0.25, 0.3) is 11.3 Å². The van der Waals surface area contributed by atoms with Crippen LogP contribution in [0.4, 0.5) is 14.6 Å². The number of fused-ring (bicyclic) bond motifs is 2. The third-order valence-electron chi connectivity index (χ3n) is 8.32. The molecule has 0 radical (unpaired) electrons. The second-order valence-electron chi connectivity index (χ2n) is 10.5. The highest BCUT2D eigenvalue weighted by atomic mass is 19.3. The highest BCUT2D eigenvalue weighted by Gasteiger charge is 2.52. The summed E-state index contributed by atoms with van der Waals surface area (Å²) in [5.41, 5.74) is 7.39. The standard InChI is InChI=1S/C25H35F2N5O2/c1-16(32-8-5-20(30-32)19-11-22(34-24(26)27)23(28)29-14-19)3-6-25-7-4-18(12-25)21(13-25)31-9-10-33-15-17(31)2/h5,8,11,14,16-18,21,24H,3-4,6-7,9-10,12-13,15H2,1-2H3,(H2,28,29)/t16?,17-,18?,21+,25+/m0/s1. The van der Waals surface area contributed by atoms with Crippen molar-refractivity contribution >= 4 is 5.82 Å². The summed E-state index contributed by atoms with van der Waals surface area (Å²) >= 11 is 0. The molecular formula is C25H35F2N5O2. The van der Waals surface area contributed by atoms with Crippen LogP contribution in [-0.4, -0.2) is 58.1 Å². The van der Waals surface area contributed by atoms with Crippen molar-refractivity contribution in [3.05, 3.63) is 24.5 Å². The molecule has 3 aliphatic rings. The van der Waals surface area contributed by atoms with Gasteiger partial charge in [-0.15, -0.1) is 0 Å². The lowest BCUT2D eigenvalue weighted by molar-refractivity contribution is -0.0494. The van der Waals surface area contributed by atoms with Crippen molar-refractivity contribution in [1.82, 2.24) is 19.7 Å². The van der Waals surface area contributed by atoms with Crippen molar-refractivity contribution in [3.63, 3.8) is 0 Å². The van der Waals surface area contributed by atoms with Gasteiger partial charge >= 0.3 is 6.61 Å². The Balaban J connectivity index is 1.21. The van der Waals surface area contributed by atoms with Gasteiger partial charge in [0.2, 0.25) is 0 Å². The van der Waals surface area contributed by atoms with Gasteiger partial charge in [-0.1, -0.05) is 0 Å². The van der Waals surface area contributed by atoms with Crippen molar-refractivity contribution in [2.75, 3.05) is 25.5 Å². The van der Waals surface area contributed by atoms with Gasteiger partial charge in [0, 0.05) is 42.6 Å². The van der Waals surface area contributed by atoms with Crippen molar-refractivity contribution in [2.45, 2.75) is 77.1 Å². The summed E-state index contributed by atoms with van der Waals surface area (Å²) < 4.78 is 37.4. The molecule has 5 rings (SSSR count). The Kier molecular flexibility index (Phi) is 6.50. The monoisotopic (exact) mass is 475 g/mol. The maximum Gasteiger partial charge on any atom is 0.387 e. The Morgan fingerprint density at radius 2 is 2.21 bits per heavy atom. The number of aromatic nitrogens is 3. The van der Waals surface area contributed by atoms with Crippen LogP contribution in [0.1, 0.15) is 58.4 Å². The lowest BCUT2D eigenvalue weighted by Crippen LogP contribution is -2.51. The number of hydrogen-bond acceptors (Lipinski definition) is 6. The van der Waals surface area contributed by atoms with Crippen molar-refractivity contribution in [3.8, 4) is 17.0 Å². The first-order chi connectivity index (χ1) is 16.3. The molecule has 34 heavy (non-hydrogen) atoms. The lowest BCUT2D eigenvalue weighted by atomic mass is 9.77. The van der Waals surface area contributed by atoms with Gasteiger partial charge in [-0.05, 0) is 75.8 Å². The molecule has 186 valence electrons. The van der Waals surface area contributed by atoms with Crippen molar-refractivity contribution in [2.24, 2.45) is 11.3 Å². The normalized spacial score (nSPS) is 30.2. The number of ether oxygens (including phenoxy) is 2. The second-order valence-corrected chi connectivity index (χ2v) is 10.5. The van der Waals surface area contributed by atoms with Crippen molar-refractivity contribution < 1.29 is 18.3 Å². The molecule has 9 heteroatoms. The number of pyridine rings is 1. The summed E-state index contributed by atoms with van der Waals surface area (Å²) in [6, 6.07) is 4.83. The van der Waals surface area contributed by atoms with Crippen molar-refractivity contribution in [1.29, 1.82) is 0 Å². The first-order valence-corrected chi connectivity index (χ1v) is 12.4. The average molecular weight is 476 g/mol. The van der Waals surface area contributed by atoms with E-state index < -0.39 is 6.61 Å². The number of morpholine rings is 1. The van der Waals surface area contributed by atoms with Crippen LogP contribution < -0.4 is 10.5 Å². The van der Waals surface area contributed by atoms with Crippen LogP contribution in [0.5, 0.6) is 5.75 Å². The maximum absolute atomic E-state index is 12.6. The number of hydrogen-bond donors (Lipinski definition) is 1. The summed E-state index contributed by atoms with van der Waals surface area (Å²) in [7, 11) is 0. The Morgan fingerprint density at radius 1 is 1.35 bits per heavy atom.